The van der Waals surface area contributed by atoms with Crippen molar-refractivity contribution in [3.63, 3.8) is 0 Å². The van der Waals surface area contributed by atoms with Crippen LogP contribution in [0.4, 0.5) is 0 Å². The molecule has 1 rings (SSSR count). The highest BCUT2D eigenvalue weighted by atomic mass is 16.4. The van der Waals surface area contributed by atoms with Crippen molar-refractivity contribution >= 4 is 11.7 Å². The van der Waals surface area contributed by atoms with Crippen molar-refractivity contribution in [3.05, 3.63) is 23.8 Å². The normalized spacial score (nSPS) is 13.1. The zero-order chi connectivity index (χ0) is 13.0. The van der Waals surface area contributed by atoms with E-state index in [1.54, 1.807) is 0 Å². The maximum atomic E-state index is 11.7. The van der Waals surface area contributed by atoms with Gasteiger partial charge in [-0.2, -0.15) is 0 Å². The average Bonchev–Trinajstić information content (AvgIpc) is 2.30. The Morgan fingerprint density at radius 1 is 1.47 bits per heavy atom. The number of phenolic OH excluding ortho intramolecular Hbond substituents is 2. The van der Waals surface area contributed by atoms with Crippen molar-refractivity contribution in [2.75, 3.05) is 0 Å². The maximum Gasteiger partial charge on any atom is 0.255 e. The molecule has 0 heterocycles. The second kappa shape index (κ2) is 5.06. The lowest BCUT2D eigenvalue weighted by atomic mass is 10.1. The molecular weight excluding hydrogens is 226 g/mol. The van der Waals surface area contributed by atoms with Gasteiger partial charge in [0.25, 0.3) is 5.91 Å². The molecule has 7 heteroatoms. The SMILES string of the molecule is CC(NC(=O)c1cc(O)ccc1O)/C(N)=N/O. The number of carbonyl (C=O) groups is 1. The highest BCUT2D eigenvalue weighted by Crippen LogP contribution is 2.21. The molecule has 1 atom stereocenters. The number of nitrogens with zero attached hydrogens (tertiary/aromatic N) is 1. The van der Waals surface area contributed by atoms with Crippen LogP contribution in [-0.2, 0) is 0 Å². The molecule has 0 radical (unpaired) electrons. The lowest BCUT2D eigenvalue weighted by molar-refractivity contribution is 0.0945. The number of carbonyl (C=O) groups excluding carboxylic acids is 1. The first-order valence-electron chi connectivity index (χ1n) is 4.76. The smallest absolute Gasteiger partial charge is 0.255 e. The Balaban J connectivity index is 2.87. The maximum absolute atomic E-state index is 11.7. The van der Waals surface area contributed by atoms with Crippen LogP contribution >= 0.6 is 0 Å². The van der Waals surface area contributed by atoms with Crippen LogP contribution in [0.2, 0.25) is 0 Å². The van der Waals surface area contributed by atoms with Gasteiger partial charge in [0.15, 0.2) is 5.84 Å². The zero-order valence-electron chi connectivity index (χ0n) is 9.08. The van der Waals surface area contributed by atoms with Gasteiger partial charge in [0, 0.05) is 0 Å². The second-order valence-corrected chi connectivity index (χ2v) is 3.42. The molecule has 6 N–H and O–H groups in total. The minimum atomic E-state index is -0.700. The number of nitrogens with one attached hydrogen (secondary N) is 1. The van der Waals surface area contributed by atoms with Crippen LogP contribution in [0.5, 0.6) is 11.5 Å². The summed E-state index contributed by atoms with van der Waals surface area (Å²) in [6.45, 7) is 1.51. The Hall–Kier alpha value is -2.44. The van der Waals surface area contributed by atoms with Crippen LogP contribution in [0.1, 0.15) is 17.3 Å². The van der Waals surface area contributed by atoms with Crippen LogP contribution in [0.3, 0.4) is 0 Å². The molecule has 0 spiro atoms. The summed E-state index contributed by atoms with van der Waals surface area (Å²) in [6, 6.07) is 2.86. The Labute approximate surface area is 97.2 Å². The summed E-state index contributed by atoms with van der Waals surface area (Å²) >= 11 is 0. The highest BCUT2D eigenvalue weighted by Gasteiger charge is 2.16. The summed E-state index contributed by atoms with van der Waals surface area (Å²) in [5.74, 6) is -1.23. The van der Waals surface area contributed by atoms with Crippen molar-refractivity contribution in [2.24, 2.45) is 10.9 Å². The lowest BCUT2D eigenvalue weighted by Crippen LogP contribution is -2.42. The van der Waals surface area contributed by atoms with E-state index >= 15 is 0 Å². The largest absolute Gasteiger partial charge is 0.508 e. The van der Waals surface area contributed by atoms with E-state index in [0.29, 0.717) is 0 Å². The van der Waals surface area contributed by atoms with Crippen LogP contribution in [0.15, 0.2) is 23.4 Å². The number of hydrogen-bond acceptors (Lipinski definition) is 5. The fraction of sp³-hybridized carbons (Fsp3) is 0.200. The first kappa shape index (κ1) is 12.6. The molecule has 0 aliphatic heterocycles. The summed E-state index contributed by atoms with van der Waals surface area (Å²) in [7, 11) is 0. The lowest BCUT2D eigenvalue weighted by Gasteiger charge is -2.12. The van der Waals surface area contributed by atoms with E-state index in [2.05, 4.69) is 10.5 Å². The van der Waals surface area contributed by atoms with Crippen LogP contribution in [0, 0.1) is 0 Å². The summed E-state index contributed by atoms with van der Waals surface area (Å²) in [6.07, 6.45) is 0. The predicted molar refractivity (Wildman–Crippen MR) is 60.1 cm³/mol. The van der Waals surface area contributed by atoms with Crippen LogP contribution < -0.4 is 11.1 Å². The van der Waals surface area contributed by atoms with E-state index in [9.17, 15) is 15.0 Å². The molecule has 1 unspecified atom stereocenters. The monoisotopic (exact) mass is 239 g/mol. The predicted octanol–water partition coefficient (Wildman–Crippen LogP) is -0.0375. The van der Waals surface area contributed by atoms with Gasteiger partial charge >= 0.3 is 0 Å². The van der Waals surface area contributed by atoms with Gasteiger partial charge in [-0.3, -0.25) is 4.79 Å². The first-order chi connectivity index (χ1) is 7.95. The summed E-state index contributed by atoms with van der Waals surface area (Å²) in [5.41, 5.74) is 5.19. The molecule has 0 aromatic heterocycles. The number of nitrogens with two attached hydrogens (primary N) is 1. The van der Waals surface area contributed by atoms with Crippen LogP contribution in [0.25, 0.3) is 0 Å². The van der Waals surface area contributed by atoms with E-state index in [0.717, 1.165) is 6.07 Å². The van der Waals surface area contributed by atoms with Gasteiger partial charge in [-0.25, -0.2) is 0 Å². The Morgan fingerprint density at radius 2 is 2.12 bits per heavy atom. The molecular formula is C10H13N3O4. The fourth-order valence-electron chi connectivity index (χ4n) is 1.14. The quantitative estimate of drug-likeness (QED) is 0.166. The summed E-state index contributed by atoms with van der Waals surface area (Å²) in [5, 5.41) is 32.2. The van der Waals surface area contributed by atoms with E-state index < -0.39 is 11.9 Å². The number of phenols is 2. The van der Waals surface area contributed by atoms with E-state index in [-0.39, 0.29) is 22.9 Å². The molecule has 0 aliphatic carbocycles. The van der Waals surface area contributed by atoms with Crippen molar-refractivity contribution in [3.8, 4) is 11.5 Å². The molecule has 0 bridgehead atoms. The molecule has 7 nitrogen and oxygen atoms in total. The van der Waals surface area contributed by atoms with Crippen molar-refractivity contribution < 1.29 is 20.2 Å². The molecule has 92 valence electrons. The molecule has 0 saturated heterocycles. The third-order valence-electron chi connectivity index (χ3n) is 2.13. The van der Waals surface area contributed by atoms with Gasteiger partial charge in [0.05, 0.1) is 11.6 Å². The summed E-state index contributed by atoms with van der Waals surface area (Å²) < 4.78 is 0. The van der Waals surface area contributed by atoms with Gasteiger partial charge in [-0.15, -0.1) is 0 Å². The second-order valence-electron chi connectivity index (χ2n) is 3.42. The molecule has 1 aromatic carbocycles. The number of aromatic hydroxyl groups is 2. The molecule has 1 aromatic rings. The average molecular weight is 239 g/mol. The molecule has 0 saturated carbocycles. The van der Waals surface area contributed by atoms with Crippen molar-refractivity contribution in [2.45, 2.75) is 13.0 Å². The molecule has 0 aliphatic rings. The van der Waals surface area contributed by atoms with Gasteiger partial charge in [0.2, 0.25) is 0 Å². The molecule has 1 amide bonds. The third kappa shape index (κ3) is 3.00. The van der Waals surface area contributed by atoms with Gasteiger partial charge < -0.3 is 26.5 Å². The summed E-state index contributed by atoms with van der Waals surface area (Å²) in [4.78, 5) is 11.7. The third-order valence-corrected chi connectivity index (χ3v) is 2.13. The van der Waals surface area contributed by atoms with Crippen molar-refractivity contribution in [1.29, 1.82) is 0 Å². The standard InChI is InChI=1S/C10H13N3O4/c1-5(9(11)13-17)12-10(16)7-4-6(14)2-3-8(7)15/h2-5,14-15,17H,1H3,(H2,11,13)(H,12,16). The minimum absolute atomic E-state index is 0.0948. The number of rotatable bonds is 3. The van der Waals surface area contributed by atoms with Gasteiger partial charge in [0.1, 0.15) is 11.5 Å². The number of amidine groups is 1. The molecule has 0 fully saturated rings. The van der Waals surface area contributed by atoms with E-state index in [1.807, 2.05) is 0 Å². The number of oxime groups is 1. The number of benzene rings is 1. The first-order valence-corrected chi connectivity index (χ1v) is 4.76. The molecule has 17 heavy (non-hydrogen) atoms. The number of hydrogen-bond donors (Lipinski definition) is 5. The zero-order valence-corrected chi connectivity index (χ0v) is 9.08. The number of amides is 1. The van der Waals surface area contributed by atoms with Crippen LogP contribution in [-0.4, -0.2) is 33.2 Å². The Morgan fingerprint density at radius 3 is 2.71 bits per heavy atom. The van der Waals surface area contributed by atoms with E-state index in [1.165, 1.54) is 19.1 Å². The van der Waals surface area contributed by atoms with Crippen molar-refractivity contribution in [1.82, 2.24) is 5.32 Å². The van der Waals surface area contributed by atoms with Gasteiger partial charge in [-0.1, -0.05) is 5.16 Å². The topological polar surface area (TPSA) is 128 Å². The fourth-order valence-corrected chi connectivity index (χ4v) is 1.14. The Kier molecular flexibility index (Phi) is 3.76. The Bertz CT molecular complexity index is 459. The minimum Gasteiger partial charge on any atom is -0.508 e. The van der Waals surface area contributed by atoms with Gasteiger partial charge in [-0.05, 0) is 25.1 Å². The van der Waals surface area contributed by atoms with E-state index in [4.69, 9.17) is 10.9 Å². The highest BCUT2D eigenvalue weighted by molar-refractivity contribution is 6.00.